The van der Waals surface area contributed by atoms with E-state index in [2.05, 4.69) is 5.32 Å². The molecule has 0 saturated carbocycles. The fourth-order valence-corrected chi connectivity index (χ4v) is 4.83. The maximum Gasteiger partial charge on any atom is 0.243 e. The summed E-state index contributed by atoms with van der Waals surface area (Å²) >= 11 is 0. The highest BCUT2D eigenvalue weighted by molar-refractivity contribution is 7.89. The zero-order chi connectivity index (χ0) is 21.0. The van der Waals surface area contributed by atoms with Gasteiger partial charge < -0.3 is 10.1 Å². The number of nitrogens with zero attached hydrogens (tertiary/aromatic N) is 1. The number of methoxy groups -OCH3 is 1. The second-order valence-corrected chi connectivity index (χ2v) is 8.94. The highest BCUT2D eigenvalue weighted by atomic mass is 32.2. The minimum Gasteiger partial charge on any atom is -0.497 e. The molecule has 1 heterocycles. The number of Topliss-reactive ketones (excluding diaryl/α,β-unsaturated/α-hetero) is 1. The lowest BCUT2D eigenvalue weighted by atomic mass is 9.98. The number of hydrogen-bond donors (Lipinski definition) is 1. The molecule has 3 rings (SSSR count). The van der Waals surface area contributed by atoms with Gasteiger partial charge in [-0.15, -0.1) is 0 Å². The largest absolute Gasteiger partial charge is 0.497 e. The van der Waals surface area contributed by atoms with Crippen molar-refractivity contribution in [1.29, 1.82) is 0 Å². The average molecular weight is 416 g/mol. The van der Waals surface area contributed by atoms with E-state index < -0.39 is 15.9 Å². The van der Waals surface area contributed by atoms with Crippen LogP contribution in [0.1, 0.15) is 30.1 Å². The van der Waals surface area contributed by atoms with E-state index in [1.54, 1.807) is 36.4 Å². The summed E-state index contributed by atoms with van der Waals surface area (Å²) in [6.07, 6.45) is 1.22. The quantitative estimate of drug-likeness (QED) is 0.731. The smallest absolute Gasteiger partial charge is 0.243 e. The van der Waals surface area contributed by atoms with Crippen LogP contribution in [0, 0.1) is 5.92 Å². The Bertz CT molecular complexity index is 985. The summed E-state index contributed by atoms with van der Waals surface area (Å²) in [5.41, 5.74) is 1.15. The first kappa shape index (κ1) is 21.0. The van der Waals surface area contributed by atoms with Gasteiger partial charge in [-0.05, 0) is 68.3 Å². The van der Waals surface area contributed by atoms with Crippen LogP contribution in [0.5, 0.6) is 5.75 Å². The van der Waals surface area contributed by atoms with E-state index in [0.717, 1.165) is 0 Å². The van der Waals surface area contributed by atoms with Crippen LogP contribution in [-0.2, 0) is 14.8 Å². The summed E-state index contributed by atoms with van der Waals surface area (Å²) in [6.45, 7) is 1.99. The molecule has 2 aromatic carbocycles. The van der Waals surface area contributed by atoms with Crippen LogP contribution < -0.4 is 10.1 Å². The lowest BCUT2D eigenvalue weighted by molar-refractivity contribution is -0.120. The summed E-state index contributed by atoms with van der Waals surface area (Å²) in [6, 6.07) is 12.9. The SMILES string of the molecule is COc1ccc(S(=O)(=O)N2CCCC(C(=O)Nc3ccc(C(C)=O)cc3)C2)cc1. The first-order chi connectivity index (χ1) is 13.8. The number of benzene rings is 2. The number of ketones is 1. The molecule has 1 fully saturated rings. The predicted octanol–water partition coefficient (Wildman–Crippen LogP) is 2.94. The normalized spacial score (nSPS) is 17.5. The standard InChI is InChI=1S/C21H24N2O5S/c1-15(24)16-5-7-18(8-6-16)22-21(25)17-4-3-13-23(14-17)29(26,27)20-11-9-19(28-2)10-12-20/h5-12,17H,3-4,13-14H2,1-2H3,(H,22,25). The van der Waals surface area contributed by atoms with Crippen molar-refractivity contribution >= 4 is 27.4 Å². The number of amides is 1. The van der Waals surface area contributed by atoms with Crippen molar-refractivity contribution in [3.05, 3.63) is 54.1 Å². The van der Waals surface area contributed by atoms with Gasteiger partial charge in [-0.3, -0.25) is 9.59 Å². The molecular weight excluding hydrogens is 392 g/mol. The van der Waals surface area contributed by atoms with Crippen molar-refractivity contribution in [3.63, 3.8) is 0 Å². The van der Waals surface area contributed by atoms with Gasteiger partial charge in [-0.25, -0.2) is 8.42 Å². The average Bonchev–Trinajstić information content (AvgIpc) is 2.74. The molecule has 1 saturated heterocycles. The number of anilines is 1. The zero-order valence-corrected chi connectivity index (χ0v) is 17.2. The highest BCUT2D eigenvalue weighted by Gasteiger charge is 2.33. The van der Waals surface area contributed by atoms with Gasteiger partial charge in [0.1, 0.15) is 5.75 Å². The van der Waals surface area contributed by atoms with Crippen molar-refractivity contribution < 1.29 is 22.7 Å². The van der Waals surface area contributed by atoms with E-state index in [-0.39, 0.29) is 23.1 Å². The molecule has 1 aliphatic rings. The van der Waals surface area contributed by atoms with E-state index in [9.17, 15) is 18.0 Å². The number of rotatable bonds is 6. The molecule has 0 radical (unpaired) electrons. The molecule has 1 N–H and O–H groups in total. The summed E-state index contributed by atoms with van der Waals surface area (Å²) < 4.78 is 32.3. The lowest BCUT2D eigenvalue weighted by Crippen LogP contribution is -2.43. The Balaban J connectivity index is 1.68. The van der Waals surface area contributed by atoms with E-state index >= 15 is 0 Å². The fourth-order valence-electron chi connectivity index (χ4n) is 3.30. The van der Waals surface area contributed by atoms with E-state index in [1.807, 2.05) is 0 Å². The molecule has 1 amide bonds. The van der Waals surface area contributed by atoms with Crippen LogP contribution in [0.4, 0.5) is 5.69 Å². The minimum absolute atomic E-state index is 0.0467. The molecule has 0 aliphatic carbocycles. The van der Waals surface area contributed by atoms with Crippen molar-refractivity contribution in [2.24, 2.45) is 5.92 Å². The van der Waals surface area contributed by atoms with Gasteiger partial charge in [0.05, 0.1) is 17.9 Å². The Hall–Kier alpha value is -2.71. The van der Waals surface area contributed by atoms with E-state index in [0.29, 0.717) is 36.4 Å². The monoisotopic (exact) mass is 416 g/mol. The van der Waals surface area contributed by atoms with Crippen molar-refractivity contribution in [1.82, 2.24) is 4.31 Å². The number of carbonyl (C=O) groups excluding carboxylic acids is 2. The molecule has 0 spiro atoms. The molecule has 7 nitrogen and oxygen atoms in total. The fraction of sp³-hybridized carbons (Fsp3) is 0.333. The Morgan fingerprint density at radius 1 is 1.07 bits per heavy atom. The number of nitrogens with one attached hydrogen (secondary N) is 1. The van der Waals surface area contributed by atoms with Crippen LogP contribution in [0.25, 0.3) is 0 Å². The van der Waals surface area contributed by atoms with Gasteiger partial charge in [-0.2, -0.15) is 4.31 Å². The van der Waals surface area contributed by atoms with Crippen LogP contribution in [0.15, 0.2) is 53.4 Å². The third-order valence-electron chi connectivity index (χ3n) is 5.01. The summed E-state index contributed by atoms with van der Waals surface area (Å²) in [5, 5.41) is 2.82. The van der Waals surface area contributed by atoms with Gasteiger partial charge in [-0.1, -0.05) is 0 Å². The summed E-state index contributed by atoms with van der Waals surface area (Å²) in [5.74, 6) is -0.135. The number of hydrogen-bond acceptors (Lipinski definition) is 5. The molecule has 0 bridgehead atoms. The van der Waals surface area contributed by atoms with Crippen LogP contribution in [0.3, 0.4) is 0 Å². The Kier molecular flexibility index (Phi) is 6.34. The minimum atomic E-state index is -3.68. The van der Waals surface area contributed by atoms with Crippen molar-refractivity contribution in [3.8, 4) is 5.75 Å². The first-order valence-corrected chi connectivity index (χ1v) is 10.8. The van der Waals surface area contributed by atoms with E-state index in [1.165, 1.54) is 30.5 Å². The Morgan fingerprint density at radius 3 is 2.31 bits per heavy atom. The number of sulfonamides is 1. The van der Waals surface area contributed by atoms with Crippen LogP contribution in [-0.4, -0.2) is 44.6 Å². The topological polar surface area (TPSA) is 92.8 Å². The second kappa shape index (κ2) is 8.75. The maximum absolute atomic E-state index is 12.9. The molecule has 0 aromatic heterocycles. The van der Waals surface area contributed by atoms with Crippen molar-refractivity contribution in [2.75, 3.05) is 25.5 Å². The summed E-state index contributed by atoms with van der Waals surface area (Å²) in [4.78, 5) is 24.2. The van der Waals surface area contributed by atoms with Gasteiger partial charge in [0.15, 0.2) is 5.78 Å². The summed E-state index contributed by atoms with van der Waals surface area (Å²) in [7, 11) is -2.16. The van der Waals surface area contributed by atoms with Gasteiger partial charge in [0.2, 0.25) is 15.9 Å². The molecule has 8 heteroatoms. The highest BCUT2D eigenvalue weighted by Crippen LogP contribution is 2.26. The third-order valence-corrected chi connectivity index (χ3v) is 6.89. The van der Waals surface area contributed by atoms with Crippen LogP contribution >= 0.6 is 0 Å². The lowest BCUT2D eigenvalue weighted by Gasteiger charge is -2.31. The van der Waals surface area contributed by atoms with E-state index in [4.69, 9.17) is 4.74 Å². The molecular formula is C21H24N2O5S. The van der Waals surface area contributed by atoms with Gasteiger partial charge >= 0.3 is 0 Å². The van der Waals surface area contributed by atoms with Crippen molar-refractivity contribution in [2.45, 2.75) is 24.7 Å². The number of carbonyl (C=O) groups is 2. The Labute approximate surface area is 170 Å². The Morgan fingerprint density at radius 2 is 1.72 bits per heavy atom. The van der Waals surface area contributed by atoms with Gasteiger partial charge in [0, 0.05) is 24.3 Å². The number of ether oxygens (including phenoxy) is 1. The third kappa shape index (κ3) is 4.83. The number of piperidine rings is 1. The predicted molar refractivity (Wildman–Crippen MR) is 110 cm³/mol. The molecule has 1 unspecified atom stereocenters. The molecule has 2 aromatic rings. The molecule has 1 aliphatic heterocycles. The second-order valence-electron chi connectivity index (χ2n) is 7.00. The zero-order valence-electron chi connectivity index (χ0n) is 16.4. The maximum atomic E-state index is 12.9. The first-order valence-electron chi connectivity index (χ1n) is 9.37. The van der Waals surface area contributed by atoms with Crippen LogP contribution in [0.2, 0.25) is 0 Å². The van der Waals surface area contributed by atoms with Gasteiger partial charge in [0.25, 0.3) is 0 Å². The molecule has 1 atom stereocenters. The molecule has 154 valence electrons. The molecule has 29 heavy (non-hydrogen) atoms.